The molecular formula is C29H34N2O4S. The Bertz CT molecular complexity index is 1250. The number of hydrogen-bond acceptors (Lipinski definition) is 5. The van der Waals surface area contributed by atoms with Crippen LogP contribution in [0.1, 0.15) is 29.5 Å². The molecule has 190 valence electrons. The number of rotatable bonds is 8. The standard InChI is InChI=1S/C29H34N2O4S/c1-23-8-14-28(15-9-23)36(32,33)31-21-25-6-2-3-7-29(25)35-22-26(31)20-24-10-12-27(13-11-24)34-19-18-30-16-4-5-17-30/h2-3,6-15,26H,4-5,16-22H2,1H3/t26-/m0/s1. The molecule has 3 aromatic rings. The van der Waals surface area contributed by atoms with Gasteiger partial charge in [-0.25, -0.2) is 8.42 Å². The molecular weight excluding hydrogens is 472 g/mol. The monoisotopic (exact) mass is 506 g/mol. The van der Waals surface area contributed by atoms with Crippen molar-refractivity contribution in [2.75, 3.05) is 32.8 Å². The van der Waals surface area contributed by atoms with Gasteiger partial charge in [-0.1, -0.05) is 48.0 Å². The summed E-state index contributed by atoms with van der Waals surface area (Å²) in [5.74, 6) is 1.58. The number of ether oxygens (including phenoxy) is 2. The molecule has 2 heterocycles. The van der Waals surface area contributed by atoms with Crippen LogP contribution >= 0.6 is 0 Å². The second-order valence-corrected chi connectivity index (χ2v) is 11.6. The van der Waals surface area contributed by atoms with E-state index in [-0.39, 0.29) is 19.2 Å². The van der Waals surface area contributed by atoms with Gasteiger partial charge in [0.05, 0.1) is 10.9 Å². The van der Waals surface area contributed by atoms with Gasteiger partial charge in [-0.2, -0.15) is 4.31 Å². The van der Waals surface area contributed by atoms with Crippen molar-refractivity contribution >= 4 is 10.0 Å². The van der Waals surface area contributed by atoms with Crippen molar-refractivity contribution in [2.45, 2.75) is 43.7 Å². The topological polar surface area (TPSA) is 59.1 Å². The largest absolute Gasteiger partial charge is 0.492 e. The van der Waals surface area contributed by atoms with Crippen molar-refractivity contribution in [1.82, 2.24) is 9.21 Å². The first-order chi connectivity index (χ1) is 17.5. The van der Waals surface area contributed by atoms with E-state index in [4.69, 9.17) is 9.47 Å². The van der Waals surface area contributed by atoms with Crippen molar-refractivity contribution in [3.05, 3.63) is 89.5 Å². The van der Waals surface area contributed by atoms with Crippen LogP contribution in [0.2, 0.25) is 0 Å². The summed E-state index contributed by atoms with van der Waals surface area (Å²) in [5.41, 5.74) is 2.95. The lowest BCUT2D eigenvalue weighted by Gasteiger charge is -2.28. The summed E-state index contributed by atoms with van der Waals surface area (Å²) < 4.78 is 41.2. The van der Waals surface area contributed by atoms with Crippen LogP contribution in [0.5, 0.6) is 11.5 Å². The first-order valence-electron chi connectivity index (χ1n) is 12.7. The fourth-order valence-electron chi connectivity index (χ4n) is 4.92. The number of nitrogens with zero attached hydrogens (tertiary/aromatic N) is 2. The predicted molar refractivity (Wildman–Crippen MR) is 141 cm³/mol. The number of para-hydroxylation sites is 1. The van der Waals surface area contributed by atoms with E-state index in [1.54, 1.807) is 16.4 Å². The highest BCUT2D eigenvalue weighted by atomic mass is 32.2. The zero-order chi connectivity index (χ0) is 25.0. The molecule has 7 heteroatoms. The summed E-state index contributed by atoms with van der Waals surface area (Å²) in [7, 11) is -3.72. The Balaban J connectivity index is 1.33. The second-order valence-electron chi connectivity index (χ2n) is 9.68. The summed E-state index contributed by atoms with van der Waals surface area (Å²) in [6.45, 7) is 6.47. The van der Waals surface area contributed by atoms with Crippen LogP contribution in [-0.2, 0) is 23.0 Å². The fourth-order valence-corrected chi connectivity index (χ4v) is 6.51. The Kier molecular flexibility index (Phi) is 7.60. The average Bonchev–Trinajstić information content (AvgIpc) is 3.33. The van der Waals surface area contributed by atoms with E-state index in [1.807, 2.05) is 67.6 Å². The minimum absolute atomic E-state index is 0.273. The molecule has 0 aromatic heterocycles. The normalized spacial score (nSPS) is 18.9. The summed E-state index contributed by atoms with van der Waals surface area (Å²) in [5, 5.41) is 0. The molecule has 0 saturated carbocycles. The molecule has 0 amide bonds. The van der Waals surface area contributed by atoms with Gasteiger partial charge in [-0.3, -0.25) is 4.90 Å². The Hall–Kier alpha value is -2.87. The number of sulfonamides is 1. The fraction of sp³-hybridized carbons (Fsp3) is 0.379. The molecule has 2 aliphatic rings. The number of fused-ring (bicyclic) bond motifs is 1. The van der Waals surface area contributed by atoms with Crippen molar-refractivity contribution in [2.24, 2.45) is 0 Å². The number of likely N-dealkylation sites (tertiary alicyclic amines) is 1. The van der Waals surface area contributed by atoms with Crippen LogP contribution < -0.4 is 9.47 Å². The second kappa shape index (κ2) is 11.0. The lowest BCUT2D eigenvalue weighted by Crippen LogP contribution is -2.43. The van der Waals surface area contributed by atoms with E-state index < -0.39 is 10.0 Å². The number of hydrogen-bond donors (Lipinski definition) is 0. The lowest BCUT2D eigenvalue weighted by molar-refractivity contribution is 0.219. The minimum atomic E-state index is -3.72. The van der Waals surface area contributed by atoms with Gasteiger partial charge in [0.2, 0.25) is 10.0 Å². The van der Waals surface area contributed by atoms with Gasteiger partial charge in [0.15, 0.2) is 0 Å². The molecule has 0 bridgehead atoms. The maximum absolute atomic E-state index is 13.8. The first-order valence-corrected chi connectivity index (χ1v) is 14.2. The SMILES string of the molecule is Cc1ccc(S(=O)(=O)N2Cc3ccccc3OC[C@@H]2Cc2ccc(OCCN3CCCC3)cc2)cc1. The van der Waals surface area contributed by atoms with Crippen LogP contribution in [-0.4, -0.2) is 56.5 Å². The third-order valence-electron chi connectivity index (χ3n) is 7.03. The first kappa shape index (κ1) is 24.8. The lowest BCUT2D eigenvalue weighted by atomic mass is 10.1. The third kappa shape index (κ3) is 5.75. The Morgan fingerprint density at radius 3 is 2.42 bits per heavy atom. The molecule has 1 atom stereocenters. The van der Waals surface area contributed by atoms with Crippen molar-refractivity contribution < 1.29 is 17.9 Å². The molecule has 0 unspecified atom stereocenters. The molecule has 36 heavy (non-hydrogen) atoms. The highest BCUT2D eigenvalue weighted by Crippen LogP contribution is 2.30. The predicted octanol–water partition coefficient (Wildman–Crippen LogP) is 4.66. The average molecular weight is 507 g/mol. The maximum atomic E-state index is 13.8. The number of benzene rings is 3. The maximum Gasteiger partial charge on any atom is 0.243 e. The molecule has 3 aromatic carbocycles. The van der Waals surface area contributed by atoms with E-state index in [2.05, 4.69) is 4.90 Å². The Morgan fingerprint density at radius 2 is 1.67 bits per heavy atom. The van der Waals surface area contributed by atoms with Crippen LogP contribution in [0.3, 0.4) is 0 Å². The van der Waals surface area contributed by atoms with E-state index in [9.17, 15) is 8.42 Å². The van der Waals surface area contributed by atoms with E-state index in [0.717, 1.165) is 47.8 Å². The van der Waals surface area contributed by atoms with Crippen molar-refractivity contribution in [3.63, 3.8) is 0 Å². The van der Waals surface area contributed by atoms with Crippen LogP contribution in [0.15, 0.2) is 77.7 Å². The molecule has 6 nitrogen and oxygen atoms in total. The molecule has 0 spiro atoms. The summed E-state index contributed by atoms with van der Waals surface area (Å²) in [6, 6.07) is 22.4. The molecule has 0 aliphatic carbocycles. The molecule has 1 saturated heterocycles. The van der Waals surface area contributed by atoms with E-state index in [1.165, 1.54) is 12.8 Å². The summed E-state index contributed by atoms with van der Waals surface area (Å²) >= 11 is 0. The van der Waals surface area contributed by atoms with Gasteiger partial charge in [0.25, 0.3) is 0 Å². The Labute approximate surface area is 214 Å². The van der Waals surface area contributed by atoms with Crippen LogP contribution in [0, 0.1) is 6.92 Å². The summed E-state index contributed by atoms with van der Waals surface area (Å²) in [6.07, 6.45) is 3.11. The van der Waals surface area contributed by atoms with Gasteiger partial charge in [0.1, 0.15) is 24.7 Å². The van der Waals surface area contributed by atoms with Gasteiger partial charge < -0.3 is 9.47 Å². The molecule has 5 rings (SSSR count). The highest BCUT2D eigenvalue weighted by molar-refractivity contribution is 7.89. The van der Waals surface area contributed by atoms with Crippen molar-refractivity contribution in [3.8, 4) is 11.5 Å². The van der Waals surface area contributed by atoms with Crippen LogP contribution in [0.4, 0.5) is 0 Å². The van der Waals surface area contributed by atoms with Gasteiger partial charge in [-0.05, 0) is 75.2 Å². The van der Waals surface area contributed by atoms with E-state index >= 15 is 0 Å². The van der Waals surface area contributed by atoms with Gasteiger partial charge in [-0.15, -0.1) is 0 Å². The third-order valence-corrected chi connectivity index (χ3v) is 8.95. The smallest absolute Gasteiger partial charge is 0.243 e. The zero-order valence-corrected chi connectivity index (χ0v) is 21.6. The zero-order valence-electron chi connectivity index (χ0n) is 20.8. The molecule has 0 radical (unpaired) electrons. The molecule has 2 aliphatic heterocycles. The van der Waals surface area contributed by atoms with E-state index in [0.29, 0.717) is 17.9 Å². The minimum Gasteiger partial charge on any atom is -0.492 e. The van der Waals surface area contributed by atoms with Gasteiger partial charge >= 0.3 is 0 Å². The Morgan fingerprint density at radius 1 is 0.944 bits per heavy atom. The highest BCUT2D eigenvalue weighted by Gasteiger charge is 2.35. The van der Waals surface area contributed by atoms with Crippen molar-refractivity contribution in [1.29, 1.82) is 0 Å². The summed E-state index contributed by atoms with van der Waals surface area (Å²) in [4.78, 5) is 2.74. The van der Waals surface area contributed by atoms with Crippen LogP contribution in [0.25, 0.3) is 0 Å². The molecule has 0 N–H and O–H groups in total. The molecule has 1 fully saturated rings. The van der Waals surface area contributed by atoms with Gasteiger partial charge in [0, 0.05) is 18.7 Å². The quantitative estimate of drug-likeness (QED) is 0.445. The number of aryl methyl sites for hydroxylation is 1.